The molecule has 0 unspecified atom stereocenters. The number of benzene rings is 1. The Balaban J connectivity index is 0.00000342. The smallest absolute Gasteiger partial charge is 0.748 e. The van der Waals surface area contributed by atoms with Gasteiger partial charge in [-0.15, -0.1) is 10.2 Å². The zero-order valence-electron chi connectivity index (χ0n) is 18.8. The van der Waals surface area contributed by atoms with E-state index in [2.05, 4.69) is 19.6 Å². The number of azo groups is 1. The Hall–Kier alpha value is 0.0427. The number of carboxylic acid groups (broad SMARTS) is 1. The molecule has 3 rings (SSSR count). The third-order valence-electron chi connectivity index (χ3n) is 3.97. The van der Waals surface area contributed by atoms with Crippen molar-refractivity contribution in [3.63, 3.8) is 0 Å². The van der Waals surface area contributed by atoms with Crippen molar-refractivity contribution in [1.82, 2.24) is 13.9 Å². The predicted octanol–water partition coefficient (Wildman–Crippen LogP) is -4.94. The first kappa shape index (κ1) is 35.1. The van der Waals surface area contributed by atoms with Crippen LogP contribution in [0.15, 0.2) is 55.4 Å². The van der Waals surface area contributed by atoms with Crippen molar-refractivity contribution in [3.05, 3.63) is 46.2 Å². The van der Waals surface area contributed by atoms with Gasteiger partial charge in [-0.1, -0.05) is 11.8 Å². The Kier molecular flexibility index (Phi) is 13.8. The van der Waals surface area contributed by atoms with Gasteiger partial charge in [0.15, 0.2) is 5.69 Å². The Labute approximate surface area is 302 Å². The van der Waals surface area contributed by atoms with E-state index in [0.717, 1.165) is 53.6 Å². The number of thioether (sulfide) groups is 1. The molecule has 0 aliphatic heterocycles. The summed E-state index contributed by atoms with van der Waals surface area (Å²) in [4.78, 5) is 27.7. The van der Waals surface area contributed by atoms with Crippen LogP contribution in [0.2, 0.25) is 0 Å². The minimum absolute atomic E-state index is 0. The summed E-state index contributed by atoms with van der Waals surface area (Å²) in [5, 5.41) is 27.1. The molecule has 186 valence electrons. The van der Waals surface area contributed by atoms with Crippen molar-refractivity contribution in [1.29, 1.82) is 0 Å². The largest absolute Gasteiger partial charge is 1.00 e. The summed E-state index contributed by atoms with van der Waals surface area (Å²) in [6.45, 7) is 0. The first-order valence-electron chi connectivity index (χ1n) is 8.87. The molecule has 2 aromatic heterocycles. The van der Waals surface area contributed by atoms with E-state index in [1.54, 1.807) is 0 Å². The van der Waals surface area contributed by atoms with Gasteiger partial charge < -0.3 is 19.3 Å². The summed E-state index contributed by atoms with van der Waals surface area (Å²) < 4.78 is 69.6. The SMILES string of the molecule is O=C(O)c1cc(N=Nc2nc(SCCS(=O)(=O)[O-])ns2)c(=O)n(-c2ccc(S(=O)(=O)[O-])cc2)c1O.[K+].[K+]. The molecular weight excluding hydrogens is 629 g/mol. The number of carbonyl (C=O) groups is 1. The van der Waals surface area contributed by atoms with Crippen molar-refractivity contribution >= 4 is 60.3 Å². The molecule has 0 aliphatic carbocycles. The first-order valence-corrected chi connectivity index (χ1v) is 13.6. The van der Waals surface area contributed by atoms with E-state index in [4.69, 9.17) is 0 Å². The van der Waals surface area contributed by atoms with Crippen LogP contribution in [0.1, 0.15) is 10.4 Å². The van der Waals surface area contributed by atoms with Gasteiger partial charge in [-0.25, -0.2) is 26.2 Å². The maximum atomic E-state index is 12.9. The monoisotopic (exact) mass is 639 g/mol. The van der Waals surface area contributed by atoms with Crippen LogP contribution in [-0.4, -0.2) is 67.6 Å². The molecule has 0 aliphatic rings. The van der Waals surface area contributed by atoms with Crippen molar-refractivity contribution in [2.24, 2.45) is 10.2 Å². The molecule has 37 heavy (non-hydrogen) atoms. The number of aromatic nitrogens is 3. The van der Waals surface area contributed by atoms with Gasteiger partial charge in [0.05, 0.1) is 20.7 Å². The topological polar surface area (TPSA) is 244 Å². The zero-order valence-corrected chi connectivity index (χ0v) is 28.3. The van der Waals surface area contributed by atoms with Gasteiger partial charge in [0.2, 0.25) is 16.2 Å². The number of hydrogen-bond acceptors (Lipinski definition) is 15. The second-order valence-electron chi connectivity index (χ2n) is 6.33. The third-order valence-corrected chi connectivity index (χ3v) is 7.35. The van der Waals surface area contributed by atoms with Gasteiger partial charge in [-0.3, -0.25) is 4.79 Å². The number of nitrogens with zero attached hydrogens (tertiary/aromatic N) is 5. The van der Waals surface area contributed by atoms with Crippen molar-refractivity contribution in [3.8, 4) is 11.6 Å². The summed E-state index contributed by atoms with van der Waals surface area (Å²) in [6.07, 6.45) is 0. The van der Waals surface area contributed by atoms with E-state index in [-0.39, 0.29) is 124 Å². The number of aromatic hydroxyl groups is 1. The summed E-state index contributed by atoms with van der Waals surface area (Å²) in [5.74, 6) is -3.34. The molecule has 1 aromatic carbocycles. The molecule has 0 saturated heterocycles. The molecular formula is C16H11K2N5O10S4. The number of rotatable bonds is 9. The number of carboxylic acids is 1. The van der Waals surface area contributed by atoms with Crippen LogP contribution in [0.3, 0.4) is 0 Å². The van der Waals surface area contributed by atoms with Crippen LogP contribution in [0.25, 0.3) is 5.69 Å². The van der Waals surface area contributed by atoms with E-state index >= 15 is 0 Å². The maximum absolute atomic E-state index is 12.9. The van der Waals surface area contributed by atoms with E-state index in [1.807, 2.05) is 0 Å². The molecule has 15 nitrogen and oxygen atoms in total. The van der Waals surface area contributed by atoms with Crippen molar-refractivity contribution < 1.29 is 144 Å². The molecule has 0 saturated carbocycles. The van der Waals surface area contributed by atoms with Crippen LogP contribution in [0.5, 0.6) is 5.88 Å². The van der Waals surface area contributed by atoms with E-state index in [9.17, 15) is 45.7 Å². The molecule has 21 heteroatoms. The third kappa shape index (κ3) is 9.87. The van der Waals surface area contributed by atoms with Crippen LogP contribution in [0, 0.1) is 0 Å². The Bertz CT molecular complexity index is 1590. The standard InChI is InChI=1S/C16H13N5O10S4.2K/c22-12-10(14(24)25)7-11(13(23)21(12)8-1-3-9(4-2-8)35(29,30)31)18-19-15-17-16(20-33-15)32-5-6-34(26,27)28;;/h1-4,7,22H,5-6H2,(H,24,25)(H,26,27,28)(H,29,30,31);;/q;2*+1/p-2. The molecule has 0 radical (unpaired) electrons. The fraction of sp³-hybridized carbons (Fsp3) is 0.125. The average molecular weight is 640 g/mol. The average Bonchev–Trinajstić information content (AvgIpc) is 3.19. The Morgan fingerprint density at radius 1 is 1.11 bits per heavy atom. The van der Waals surface area contributed by atoms with E-state index in [0.29, 0.717) is 4.57 Å². The molecule has 0 spiro atoms. The van der Waals surface area contributed by atoms with Crippen molar-refractivity contribution in [2.75, 3.05) is 11.5 Å². The van der Waals surface area contributed by atoms with Gasteiger partial charge in [0.25, 0.3) is 5.56 Å². The molecule has 2 heterocycles. The molecule has 0 bridgehead atoms. The maximum Gasteiger partial charge on any atom is 1.00 e. The Morgan fingerprint density at radius 3 is 2.27 bits per heavy atom. The molecule has 3 aromatic rings. The van der Waals surface area contributed by atoms with E-state index < -0.39 is 59.5 Å². The molecule has 0 fully saturated rings. The fourth-order valence-electron chi connectivity index (χ4n) is 2.46. The first-order chi connectivity index (χ1) is 16.3. The molecule has 2 N–H and O–H groups in total. The molecule has 0 atom stereocenters. The number of aromatic carboxylic acids is 1. The van der Waals surface area contributed by atoms with Gasteiger partial charge in [0, 0.05) is 23.0 Å². The van der Waals surface area contributed by atoms with Crippen LogP contribution in [0.4, 0.5) is 10.8 Å². The zero-order chi connectivity index (χ0) is 26.0. The van der Waals surface area contributed by atoms with Crippen molar-refractivity contribution in [2.45, 2.75) is 10.1 Å². The van der Waals surface area contributed by atoms with Crippen LogP contribution < -0.4 is 108 Å². The van der Waals surface area contributed by atoms with Gasteiger partial charge in [-0.2, -0.15) is 9.36 Å². The minimum Gasteiger partial charge on any atom is -0.748 e. The predicted molar refractivity (Wildman–Crippen MR) is 118 cm³/mol. The summed E-state index contributed by atoms with van der Waals surface area (Å²) >= 11 is 1.59. The summed E-state index contributed by atoms with van der Waals surface area (Å²) in [7, 11) is -9.19. The quantitative estimate of drug-likeness (QED) is 0.0966. The normalized spacial score (nSPS) is 11.6. The number of pyridine rings is 1. The van der Waals surface area contributed by atoms with Gasteiger partial charge >= 0.3 is 109 Å². The minimum atomic E-state index is -4.79. The van der Waals surface area contributed by atoms with Gasteiger partial charge in [0.1, 0.15) is 15.7 Å². The second kappa shape index (κ2) is 14.6. The fourth-order valence-corrected chi connectivity index (χ4v) is 5.20. The number of hydrogen-bond donors (Lipinski definition) is 2. The summed E-state index contributed by atoms with van der Waals surface area (Å²) in [6, 6.07) is 4.52. The molecule has 0 amide bonds. The van der Waals surface area contributed by atoms with Gasteiger partial charge in [-0.05, 0) is 30.3 Å². The summed E-state index contributed by atoms with van der Waals surface area (Å²) in [5.41, 5.74) is -2.47. The van der Waals surface area contributed by atoms with Crippen LogP contribution >= 0.6 is 23.3 Å². The van der Waals surface area contributed by atoms with E-state index in [1.165, 1.54) is 0 Å². The Morgan fingerprint density at radius 2 is 1.73 bits per heavy atom. The van der Waals surface area contributed by atoms with Crippen LogP contribution in [-0.2, 0) is 20.2 Å². The second-order valence-corrected chi connectivity index (χ2v) is 11.0.